The number of nitrogens with zero attached hydrogens (tertiary/aromatic N) is 2. The largest absolute Gasteiger partial charge is 0.450 e. The van der Waals surface area contributed by atoms with Crippen LogP contribution in [-0.2, 0) is 4.74 Å². The summed E-state index contributed by atoms with van der Waals surface area (Å²) < 4.78 is 5.07. The third kappa shape index (κ3) is 3.31. The first kappa shape index (κ1) is 15.1. The molecule has 0 saturated carbocycles. The maximum atomic E-state index is 11.8. The Morgan fingerprint density at radius 1 is 1.68 bits per heavy atom. The van der Waals surface area contributed by atoms with Gasteiger partial charge in [0, 0.05) is 36.4 Å². The van der Waals surface area contributed by atoms with Crippen molar-refractivity contribution < 1.29 is 9.53 Å². The number of H-pyrrole nitrogens is 1. The molecule has 0 aliphatic carbocycles. The van der Waals surface area contributed by atoms with E-state index < -0.39 is 0 Å². The van der Waals surface area contributed by atoms with Gasteiger partial charge in [0.15, 0.2) is 0 Å². The van der Waals surface area contributed by atoms with E-state index in [1.807, 2.05) is 19.2 Å². The maximum Gasteiger partial charge on any atom is 0.409 e. The van der Waals surface area contributed by atoms with Crippen LogP contribution < -0.4 is 5.32 Å². The Morgan fingerprint density at radius 3 is 3.27 bits per heavy atom. The first-order chi connectivity index (χ1) is 10.8. The normalized spacial score (nSPS) is 19.3. The van der Waals surface area contributed by atoms with Crippen LogP contribution in [0, 0.1) is 0 Å². The van der Waals surface area contributed by atoms with Gasteiger partial charge in [0.2, 0.25) is 0 Å². The lowest BCUT2D eigenvalue weighted by atomic mass is 10.1. The molecule has 7 heteroatoms. The molecule has 1 amide bonds. The van der Waals surface area contributed by atoms with Crippen LogP contribution in [0.25, 0.3) is 0 Å². The van der Waals surface area contributed by atoms with E-state index in [1.165, 1.54) is 4.88 Å². The summed E-state index contributed by atoms with van der Waals surface area (Å²) in [5.74, 6) is 0.900. The summed E-state index contributed by atoms with van der Waals surface area (Å²) in [5, 5.41) is 5.68. The fourth-order valence-electron chi connectivity index (χ4n) is 2.70. The monoisotopic (exact) mass is 320 g/mol. The van der Waals surface area contributed by atoms with E-state index in [1.54, 1.807) is 22.4 Å². The molecule has 3 rings (SSSR count). The zero-order valence-corrected chi connectivity index (χ0v) is 13.3. The van der Waals surface area contributed by atoms with Crippen molar-refractivity contribution >= 4 is 17.4 Å². The van der Waals surface area contributed by atoms with E-state index in [-0.39, 0.29) is 18.2 Å². The first-order valence-electron chi connectivity index (χ1n) is 7.48. The van der Waals surface area contributed by atoms with Crippen LogP contribution in [0.15, 0.2) is 29.9 Å². The number of amides is 1. The molecule has 0 spiro atoms. The Balaban J connectivity index is 1.66. The average molecular weight is 320 g/mol. The predicted molar refractivity (Wildman–Crippen MR) is 84.9 cm³/mol. The van der Waals surface area contributed by atoms with Gasteiger partial charge in [0.1, 0.15) is 11.9 Å². The van der Waals surface area contributed by atoms with Gasteiger partial charge >= 0.3 is 6.09 Å². The number of thiophene rings is 1. The molecule has 1 aliphatic heterocycles. The van der Waals surface area contributed by atoms with E-state index in [9.17, 15) is 4.79 Å². The Kier molecular flexibility index (Phi) is 4.74. The average Bonchev–Trinajstić information content (AvgIpc) is 3.26. The van der Waals surface area contributed by atoms with E-state index in [4.69, 9.17) is 4.74 Å². The van der Waals surface area contributed by atoms with Gasteiger partial charge < -0.3 is 14.6 Å². The number of imidazole rings is 1. The molecule has 22 heavy (non-hydrogen) atoms. The van der Waals surface area contributed by atoms with Crippen molar-refractivity contribution in [3.63, 3.8) is 0 Å². The van der Waals surface area contributed by atoms with Crippen LogP contribution in [0.4, 0.5) is 4.79 Å². The fraction of sp³-hybridized carbons (Fsp3) is 0.467. The van der Waals surface area contributed by atoms with Gasteiger partial charge in [-0.2, -0.15) is 0 Å². The van der Waals surface area contributed by atoms with Crippen LogP contribution >= 0.6 is 11.3 Å². The Bertz CT molecular complexity index is 550. The van der Waals surface area contributed by atoms with Gasteiger partial charge in [-0.25, -0.2) is 9.78 Å². The molecule has 1 aliphatic rings. The van der Waals surface area contributed by atoms with E-state index >= 15 is 0 Å². The third-order valence-electron chi connectivity index (χ3n) is 3.74. The lowest BCUT2D eigenvalue weighted by Gasteiger charge is -2.21. The number of aromatic nitrogens is 2. The first-order valence-corrected chi connectivity index (χ1v) is 8.36. The van der Waals surface area contributed by atoms with Crippen molar-refractivity contribution in [2.75, 3.05) is 19.7 Å². The van der Waals surface area contributed by atoms with E-state index in [0.717, 1.165) is 18.8 Å². The molecule has 0 bridgehead atoms. The number of nitrogens with one attached hydrogen (secondary N) is 2. The minimum absolute atomic E-state index is 0.0298. The highest BCUT2D eigenvalue weighted by Crippen LogP contribution is 2.25. The number of ether oxygens (including phenoxy) is 1. The summed E-state index contributed by atoms with van der Waals surface area (Å²) in [5.41, 5.74) is 0. The van der Waals surface area contributed by atoms with Crippen molar-refractivity contribution in [2.45, 2.75) is 25.4 Å². The van der Waals surface area contributed by atoms with Crippen LogP contribution in [0.1, 0.15) is 30.1 Å². The SMILES string of the molecule is CCOC(=O)N1CC[C@@H](N[C@@H](c2ncc[nH]2)c2cccs2)C1. The highest BCUT2D eigenvalue weighted by atomic mass is 32.1. The summed E-state index contributed by atoms with van der Waals surface area (Å²) >= 11 is 1.70. The lowest BCUT2D eigenvalue weighted by molar-refractivity contribution is 0.115. The number of carbonyl (C=O) groups excluding carboxylic acids is 1. The Morgan fingerprint density at radius 2 is 2.59 bits per heavy atom. The molecular weight excluding hydrogens is 300 g/mol. The summed E-state index contributed by atoms with van der Waals surface area (Å²) in [6.07, 6.45) is 4.29. The molecule has 2 atom stereocenters. The second kappa shape index (κ2) is 6.93. The molecule has 6 nitrogen and oxygen atoms in total. The minimum Gasteiger partial charge on any atom is -0.450 e. The molecule has 0 aromatic carbocycles. The Hall–Kier alpha value is -1.86. The standard InChI is InChI=1S/C15H20N4O2S/c1-2-21-15(20)19-8-5-11(10-19)18-13(12-4-3-9-22-12)14-16-6-7-17-14/h3-4,6-7,9,11,13,18H,2,5,8,10H2,1H3,(H,16,17)/t11-,13-/m1/s1. The zero-order chi connectivity index (χ0) is 15.4. The van der Waals surface area contributed by atoms with Gasteiger partial charge in [0.25, 0.3) is 0 Å². The predicted octanol–water partition coefficient (Wildman–Crippen LogP) is 2.38. The highest BCUT2D eigenvalue weighted by Gasteiger charge is 2.30. The van der Waals surface area contributed by atoms with Crippen molar-refractivity contribution in [3.05, 3.63) is 40.6 Å². The van der Waals surface area contributed by atoms with Crippen molar-refractivity contribution in [1.82, 2.24) is 20.2 Å². The second-order valence-corrected chi connectivity index (χ2v) is 6.20. The summed E-state index contributed by atoms with van der Waals surface area (Å²) in [4.78, 5) is 22.3. The third-order valence-corrected chi connectivity index (χ3v) is 4.67. The van der Waals surface area contributed by atoms with Crippen molar-refractivity contribution in [1.29, 1.82) is 0 Å². The summed E-state index contributed by atoms with van der Waals surface area (Å²) in [6.45, 7) is 3.64. The number of rotatable bonds is 5. The van der Waals surface area contributed by atoms with Gasteiger partial charge in [0.05, 0.1) is 6.61 Å². The molecule has 118 valence electrons. The minimum atomic E-state index is -0.225. The lowest BCUT2D eigenvalue weighted by Crippen LogP contribution is -2.37. The van der Waals surface area contributed by atoms with Gasteiger partial charge in [-0.15, -0.1) is 11.3 Å². The molecule has 3 heterocycles. The molecule has 2 aromatic heterocycles. The second-order valence-electron chi connectivity index (χ2n) is 5.22. The molecule has 1 saturated heterocycles. The number of aromatic amines is 1. The molecular formula is C15H20N4O2S. The smallest absolute Gasteiger partial charge is 0.409 e. The van der Waals surface area contributed by atoms with Crippen molar-refractivity contribution in [3.8, 4) is 0 Å². The van der Waals surface area contributed by atoms with Crippen LogP contribution in [0.3, 0.4) is 0 Å². The van der Waals surface area contributed by atoms with Crippen LogP contribution in [-0.4, -0.2) is 46.7 Å². The topological polar surface area (TPSA) is 70.2 Å². The summed E-state index contributed by atoms with van der Waals surface area (Å²) in [6, 6.07) is 4.41. The van der Waals surface area contributed by atoms with E-state index in [0.29, 0.717) is 13.2 Å². The molecule has 0 radical (unpaired) electrons. The van der Waals surface area contributed by atoms with Crippen molar-refractivity contribution in [2.24, 2.45) is 0 Å². The van der Waals surface area contributed by atoms with Crippen LogP contribution in [0.5, 0.6) is 0 Å². The number of hydrogen-bond acceptors (Lipinski definition) is 5. The van der Waals surface area contributed by atoms with Gasteiger partial charge in [-0.1, -0.05) is 6.07 Å². The highest BCUT2D eigenvalue weighted by molar-refractivity contribution is 7.10. The summed E-state index contributed by atoms with van der Waals surface area (Å²) in [7, 11) is 0. The maximum absolute atomic E-state index is 11.8. The number of hydrogen-bond donors (Lipinski definition) is 2. The Labute approximate surface area is 133 Å². The number of likely N-dealkylation sites (tertiary alicyclic amines) is 1. The molecule has 0 unspecified atom stereocenters. The number of carbonyl (C=O) groups is 1. The zero-order valence-electron chi connectivity index (χ0n) is 12.5. The van der Waals surface area contributed by atoms with Crippen LogP contribution in [0.2, 0.25) is 0 Å². The molecule has 1 fully saturated rings. The molecule has 2 N–H and O–H groups in total. The van der Waals surface area contributed by atoms with E-state index in [2.05, 4.69) is 26.7 Å². The van der Waals surface area contributed by atoms with Gasteiger partial charge in [-0.05, 0) is 24.8 Å². The fourth-order valence-corrected chi connectivity index (χ4v) is 3.49. The molecule has 2 aromatic rings. The quantitative estimate of drug-likeness (QED) is 0.887. The van der Waals surface area contributed by atoms with Gasteiger partial charge in [-0.3, -0.25) is 5.32 Å².